The largest absolute Gasteiger partial charge is 0.473 e. The summed E-state index contributed by atoms with van der Waals surface area (Å²) in [4.78, 5) is 12.5. The average molecular weight is 342 g/mol. The Bertz CT molecular complexity index is 1010. The van der Waals surface area contributed by atoms with Gasteiger partial charge in [0.15, 0.2) is 11.6 Å². The van der Waals surface area contributed by atoms with E-state index in [1.807, 2.05) is 12.1 Å². The summed E-state index contributed by atoms with van der Waals surface area (Å²) in [6.45, 7) is 0. The normalized spacial score (nSPS) is 10.9. The van der Waals surface area contributed by atoms with Crippen molar-refractivity contribution in [3.8, 4) is 16.7 Å². The van der Waals surface area contributed by atoms with Crippen molar-refractivity contribution in [2.24, 2.45) is 0 Å². The van der Waals surface area contributed by atoms with E-state index in [2.05, 4.69) is 25.4 Å². The molecule has 0 bridgehead atoms. The molecule has 0 saturated heterocycles. The van der Waals surface area contributed by atoms with Crippen LogP contribution in [0.15, 0.2) is 42.2 Å². The van der Waals surface area contributed by atoms with E-state index in [1.54, 1.807) is 29.3 Å². The fraction of sp³-hybridized carbons (Fsp3) is 0.0667. The molecular formula is C15H11FN6OS. The topological polar surface area (TPSA) is 77.2 Å². The summed E-state index contributed by atoms with van der Waals surface area (Å²) in [6, 6.07) is 5.22. The predicted octanol–water partition coefficient (Wildman–Crippen LogP) is 3.14. The van der Waals surface area contributed by atoms with Crippen molar-refractivity contribution in [1.29, 1.82) is 0 Å². The van der Waals surface area contributed by atoms with Gasteiger partial charge in [-0.05, 0) is 18.2 Å². The molecule has 4 aromatic rings. The molecule has 0 spiro atoms. The molecule has 0 amide bonds. The molecule has 4 rings (SSSR count). The standard InChI is InChI=1S/C15H11FN6OS/c1-23-15-19-11(8-24-15)13-20-14(12-3-2-6-22(12)21-13)18-10-4-5-17-7-9(10)16/h2-8H,1H3,(H,17,18,20,21). The van der Waals surface area contributed by atoms with Crippen molar-refractivity contribution in [1.82, 2.24) is 24.6 Å². The number of rotatable bonds is 4. The van der Waals surface area contributed by atoms with E-state index in [9.17, 15) is 4.39 Å². The molecule has 0 radical (unpaired) electrons. The lowest BCUT2D eigenvalue weighted by Gasteiger charge is -2.09. The first kappa shape index (κ1) is 14.5. The molecule has 4 heterocycles. The van der Waals surface area contributed by atoms with Gasteiger partial charge in [-0.3, -0.25) is 4.98 Å². The van der Waals surface area contributed by atoms with Gasteiger partial charge in [-0.25, -0.2) is 13.9 Å². The zero-order valence-corrected chi connectivity index (χ0v) is 13.3. The number of methoxy groups -OCH3 is 1. The highest BCUT2D eigenvalue weighted by atomic mass is 32.1. The van der Waals surface area contributed by atoms with Crippen molar-refractivity contribution in [3.63, 3.8) is 0 Å². The van der Waals surface area contributed by atoms with E-state index in [4.69, 9.17) is 4.74 Å². The second-order valence-corrected chi connectivity index (χ2v) is 5.63. The molecule has 4 aromatic heterocycles. The number of pyridine rings is 1. The summed E-state index contributed by atoms with van der Waals surface area (Å²) >= 11 is 1.35. The van der Waals surface area contributed by atoms with Crippen LogP contribution in [0, 0.1) is 5.82 Å². The quantitative estimate of drug-likeness (QED) is 0.614. The summed E-state index contributed by atoms with van der Waals surface area (Å²) in [7, 11) is 1.55. The van der Waals surface area contributed by atoms with Crippen molar-refractivity contribution in [2.75, 3.05) is 12.4 Å². The summed E-state index contributed by atoms with van der Waals surface area (Å²) < 4.78 is 20.6. The first-order valence-corrected chi connectivity index (χ1v) is 7.84. The number of anilines is 2. The van der Waals surface area contributed by atoms with Crippen molar-refractivity contribution in [2.45, 2.75) is 0 Å². The molecular weight excluding hydrogens is 331 g/mol. The van der Waals surface area contributed by atoms with Crippen molar-refractivity contribution >= 4 is 28.4 Å². The molecule has 0 aliphatic heterocycles. The number of nitrogens with zero attached hydrogens (tertiary/aromatic N) is 5. The van der Waals surface area contributed by atoms with Gasteiger partial charge in [-0.15, -0.1) is 5.10 Å². The Morgan fingerprint density at radius 3 is 3.00 bits per heavy atom. The van der Waals surface area contributed by atoms with Crippen molar-refractivity contribution < 1.29 is 9.13 Å². The van der Waals surface area contributed by atoms with E-state index in [0.29, 0.717) is 22.5 Å². The van der Waals surface area contributed by atoms with Crippen LogP contribution in [0.3, 0.4) is 0 Å². The van der Waals surface area contributed by atoms with Gasteiger partial charge in [0.1, 0.15) is 11.2 Å². The highest BCUT2D eigenvalue weighted by Gasteiger charge is 2.14. The van der Waals surface area contributed by atoms with Gasteiger partial charge in [-0.1, -0.05) is 11.3 Å². The summed E-state index contributed by atoms with van der Waals surface area (Å²) in [6.07, 6.45) is 4.44. The van der Waals surface area contributed by atoms with E-state index in [1.165, 1.54) is 17.5 Å². The second kappa shape index (κ2) is 5.85. The van der Waals surface area contributed by atoms with Gasteiger partial charge in [0, 0.05) is 17.8 Å². The van der Waals surface area contributed by atoms with Crippen LogP contribution in [0.25, 0.3) is 17.0 Å². The lowest BCUT2D eigenvalue weighted by molar-refractivity contribution is 0.412. The third-order valence-corrected chi connectivity index (χ3v) is 4.10. The molecule has 0 aliphatic carbocycles. The lowest BCUT2D eigenvalue weighted by atomic mass is 10.3. The van der Waals surface area contributed by atoms with Crippen LogP contribution in [0.5, 0.6) is 5.19 Å². The smallest absolute Gasteiger partial charge is 0.273 e. The number of thiazole rings is 1. The average Bonchev–Trinajstić information content (AvgIpc) is 3.25. The van der Waals surface area contributed by atoms with Crippen LogP contribution in [0.2, 0.25) is 0 Å². The number of hydrogen-bond donors (Lipinski definition) is 1. The van der Waals surface area contributed by atoms with Gasteiger partial charge >= 0.3 is 0 Å². The first-order chi connectivity index (χ1) is 11.7. The van der Waals surface area contributed by atoms with Crippen LogP contribution in [0.1, 0.15) is 0 Å². The molecule has 120 valence electrons. The summed E-state index contributed by atoms with van der Waals surface area (Å²) in [5, 5.41) is 9.75. The highest BCUT2D eigenvalue weighted by Crippen LogP contribution is 2.27. The minimum atomic E-state index is -0.460. The van der Waals surface area contributed by atoms with Crippen molar-refractivity contribution in [3.05, 3.63) is 48.0 Å². The number of nitrogens with one attached hydrogen (secondary N) is 1. The highest BCUT2D eigenvalue weighted by molar-refractivity contribution is 7.11. The maximum Gasteiger partial charge on any atom is 0.273 e. The molecule has 1 N–H and O–H groups in total. The lowest BCUT2D eigenvalue weighted by Crippen LogP contribution is -2.04. The third-order valence-electron chi connectivity index (χ3n) is 3.30. The van der Waals surface area contributed by atoms with E-state index in [0.717, 1.165) is 11.7 Å². The second-order valence-electron chi connectivity index (χ2n) is 4.81. The molecule has 0 aromatic carbocycles. The number of halogens is 1. The van der Waals surface area contributed by atoms with Crippen LogP contribution in [0.4, 0.5) is 15.9 Å². The Labute approximate surface area is 139 Å². The molecule has 7 nitrogen and oxygen atoms in total. The zero-order valence-electron chi connectivity index (χ0n) is 12.5. The van der Waals surface area contributed by atoms with Crippen LogP contribution >= 0.6 is 11.3 Å². The van der Waals surface area contributed by atoms with Crippen LogP contribution < -0.4 is 10.1 Å². The summed E-state index contributed by atoms with van der Waals surface area (Å²) in [5.41, 5.74) is 1.59. The number of fused-ring (bicyclic) bond motifs is 1. The van der Waals surface area contributed by atoms with Gasteiger partial charge in [-0.2, -0.15) is 4.98 Å². The molecule has 9 heteroatoms. The molecule has 0 fully saturated rings. The van der Waals surface area contributed by atoms with Gasteiger partial charge < -0.3 is 10.1 Å². The number of hydrogen-bond acceptors (Lipinski definition) is 7. The minimum absolute atomic E-state index is 0.286. The SMILES string of the molecule is COc1nc(-c2nc(Nc3ccncc3F)c3cccn3n2)cs1. The molecule has 0 aliphatic rings. The van der Waals surface area contributed by atoms with E-state index >= 15 is 0 Å². The molecule has 24 heavy (non-hydrogen) atoms. The summed E-state index contributed by atoms with van der Waals surface area (Å²) in [5.74, 6) is 0.426. The predicted molar refractivity (Wildman–Crippen MR) is 88.1 cm³/mol. The van der Waals surface area contributed by atoms with Gasteiger partial charge in [0.2, 0.25) is 5.82 Å². The molecule has 0 saturated carbocycles. The molecule has 0 unspecified atom stereocenters. The van der Waals surface area contributed by atoms with E-state index in [-0.39, 0.29) is 5.69 Å². The van der Waals surface area contributed by atoms with Crippen LogP contribution in [-0.4, -0.2) is 31.7 Å². The minimum Gasteiger partial charge on any atom is -0.473 e. The Balaban J connectivity index is 1.82. The van der Waals surface area contributed by atoms with Gasteiger partial charge in [0.05, 0.1) is 19.0 Å². The monoisotopic (exact) mass is 342 g/mol. The van der Waals surface area contributed by atoms with Gasteiger partial charge in [0.25, 0.3) is 5.19 Å². The fourth-order valence-electron chi connectivity index (χ4n) is 2.19. The Morgan fingerprint density at radius 1 is 1.29 bits per heavy atom. The Hall–Kier alpha value is -3.07. The fourth-order valence-corrected chi connectivity index (χ4v) is 2.81. The Morgan fingerprint density at radius 2 is 2.21 bits per heavy atom. The maximum absolute atomic E-state index is 13.9. The van der Waals surface area contributed by atoms with Crippen LogP contribution in [-0.2, 0) is 0 Å². The van der Waals surface area contributed by atoms with E-state index < -0.39 is 5.82 Å². The Kier molecular flexibility index (Phi) is 3.54. The third kappa shape index (κ3) is 2.54. The maximum atomic E-state index is 13.9. The first-order valence-electron chi connectivity index (χ1n) is 6.96. The zero-order chi connectivity index (χ0) is 16.5. The number of ether oxygens (including phenoxy) is 1. The molecule has 0 atom stereocenters. The number of aromatic nitrogens is 5.